The Balaban J connectivity index is 1.74. The van der Waals surface area contributed by atoms with Gasteiger partial charge in [-0.1, -0.05) is 34.8 Å². The van der Waals surface area contributed by atoms with Crippen molar-refractivity contribution in [1.82, 2.24) is 0 Å². The van der Waals surface area contributed by atoms with Gasteiger partial charge >= 0.3 is 0 Å². The molecule has 2 heteroatoms. The lowest BCUT2D eigenvalue weighted by atomic mass is 10.0. The van der Waals surface area contributed by atoms with Crippen molar-refractivity contribution in [2.45, 2.75) is 43.4 Å². The first-order valence-electron chi connectivity index (χ1n) is 5.53. The molecule has 1 unspecified atom stereocenters. The number of alkyl halides is 1. The second-order valence-corrected chi connectivity index (χ2v) is 6.39. The summed E-state index contributed by atoms with van der Waals surface area (Å²) in [4.78, 5) is 2.29. The minimum absolute atomic E-state index is 0.757. The molecule has 0 aromatic carbocycles. The predicted octanol–water partition coefficient (Wildman–Crippen LogP) is 4.63. The Labute approximate surface area is 98.9 Å². The molecular formula is C12H17BrS. The third kappa shape index (κ3) is 2.83. The lowest BCUT2D eigenvalue weighted by molar-refractivity contribution is 0.507. The molecule has 1 fully saturated rings. The zero-order valence-electron chi connectivity index (χ0n) is 8.42. The largest absolute Gasteiger partial charge is 0.149 e. The van der Waals surface area contributed by atoms with Crippen molar-refractivity contribution in [3.8, 4) is 0 Å². The fraction of sp³-hybridized carbons (Fsp3) is 0.667. The van der Waals surface area contributed by atoms with Crippen molar-refractivity contribution >= 4 is 27.3 Å². The molecule has 1 aromatic rings. The molecule has 1 aromatic heterocycles. The fourth-order valence-electron chi connectivity index (χ4n) is 2.29. The highest BCUT2D eigenvalue weighted by atomic mass is 79.9. The highest BCUT2D eigenvalue weighted by Crippen LogP contribution is 2.33. The molecule has 0 saturated heterocycles. The Morgan fingerprint density at radius 1 is 1.43 bits per heavy atom. The van der Waals surface area contributed by atoms with E-state index < -0.39 is 0 Å². The second-order valence-electron chi connectivity index (χ2n) is 4.18. The van der Waals surface area contributed by atoms with E-state index >= 15 is 0 Å². The van der Waals surface area contributed by atoms with Crippen molar-refractivity contribution in [1.29, 1.82) is 0 Å². The molecule has 14 heavy (non-hydrogen) atoms. The molecule has 0 amide bonds. The van der Waals surface area contributed by atoms with Gasteiger partial charge in [-0.25, -0.2) is 0 Å². The van der Waals surface area contributed by atoms with E-state index in [1.54, 1.807) is 0 Å². The average molecular weight is 273 g/mol. The topological polar surface area (TPSA) is 0 Å². The lowest BCUT2D eigenvalue weighted by Crippen LogP contribution is -2.11. The second kappa shape index (κ2) is 5.32. The van der Waals surface area contributed by atoms with Crippen LogP contribution in [-0.4, -0.2) is 4.83 Å². The van der Waals surface area contributed by atoms with Gasteiger partial charge in [-0.15, -0.1) is 11.3 Å². The van der Waals surface area contributed by atoms with Crippen molar-refractivity contribution in [2.24, 2.45) is 5.92 Å². The van der Waals surface area contributed by atoms with Gasteiger partial charge in [0.25, 0.3) is 0 Å². The van der Waals surface area contributed by atoms with Crippen LogP contribution in [-0.2, 0) is 6.42 Å². The first kappa shape index (κ1) is 10.7. The van der Waals surface area contributed by atoms with E-state index in [0.29, 0.717) is 0 Å². The highest BCUT2D eigenvalue weighted by molar-refractivity contribution is 9.09. The van der Waals surface area contributed by atoms with E-state index in [4.69, 9.17) is 0 Å². The molecule has 0 radical (unpaired) electrons. The maximum Gasteiger partial charge on any atom is 0.0177 e. The van der Waals surface area contributed by atoms with E-state index in [1.807, 2.05) is 11.3 Å². The van der Waals surface area contributed by atoms with E-state index in [9.17, 15) is 0 Å². The molecule has 1 aliphatic carbocycles. The number of hydrogen-bond donors (Lipinski definition) is 0. The molecule has 2 rings (SSSR count). The zero-order chi connectivity index (χ0) is 9.80. The number of hydrogen-bond acceptors (Lipinski definition) is 1. The van der Waals surface area contributed by atoms with Crippen LogP contribution in [0, 0.1) is 5.92 Å². The summed E-state index contributed by atoms with van der Waals surface area (Å²) in [5, 5.41) is 2.17. The molecular weight excluding hydrogens is 256 g/mol. The van der Waals surface area contributed by atoms with Crippen LogP contribution in [0.4, 0.5) is 0 Å². The van der Waals surface area contributed by atoms with Gasteiger partial charge < -0.3 is 0 Å². The quantitative estimate of drug-likeness (QED) is 0.701. The Morgan fingerprint density at radius 3 is 2.86 bits per heavy atom. The summed E-state index contributed by atoms with van der Waals surface area (Å²) in [6, 6.07) is 4.40. The van der Waals surface area contributed by atoms with Crippen LogP contribution in [0.25, 0.3) is 0 Å². The van der Waals surface area contributed by atoms with Crippen LogP contribution in [0.1, 0.15) is 37.0 Å². The monoisotopic (exact) mass is 272 g/mol. The predicted molar refractivity (Wildman–Crippen MR) is 67.3 cm³/mol. The maximum absolute atomic E-state index is 3.86. The van der Waals surface area contributed by atoms with Crippen LogP contribution in [0.3, 0.4) is 0 Å². The van der Waals surface area contributed by atoms with Gasteiger partial charge in [0, 0.05) is 9.70 Å². The van der Waals surface area contributed by atoms with Crippen molar-refractivity contribution in [3.05, 3.63) is 22.4 Å². The van der Waals surface area contributed by atoms with Gasteiger partial charge in [0.15, 0.2) is 0 Å². The molecule has 0 aliphatic heterocycles. The average Bonchev–Trinajstić information content (AvgIpc) is 2.87. The summed E-state index contributed by atoms with van der Waals surface area (Å²) in [5.41, 5.74) is 0. The van der Waals surface area contributed by atoms with E-state index in [2.05, 4.69) is 33.4 Å². The van der Waals surface area contributed by atoms with Crippen molar-refractivity contribution in [2.75, 3.05) is 0 Å². The van der Waals surface area contributed by atoms with Crippen LogP contribution < -0.4 is 0 Å². The Bertz CT molecular complexity index is 249. The molecule has 1 aliphatic rings. The van der Waals surface area contributed by atoms with Crippen LogP contribution in [0.2, 0.25) is 0 Å². The number of thiophene rings is 1. The van der Waals surface area contributed by atoms with E-state index in [-0.39, 0.29) is 0 Å². The number of aryl methyl sites for hydroxylation is 1. The summed E-state index contributed by atoms with van der Waals surface area (Å²) in [5.74, 6) is 0.954. The first-order valence-corrected chi connectivity index (χ1v) is 7.32. The summed E-state index contributed by atoms with van der Waals surface area (Å²) in [7, 11) is 0. The van der Waals surface area contributed by atoms with Gasteiger partial charge in [-0.2, -0.15) is 0 Å². The molecule has 1 atom stereocenters. The summed E-state index contributed by atoms with van der Waals surface area (Å²) < 4.78 is 0. The normalized spacial score (nSPS) is 20.1. The number of halogens is 1. The van der Waals surface area contributed by atoms with Gasteiger partial charge in [0.05, 0.1) is 0 Å². The van der Waals surface area contributed by atoms with Gasteiger partial charge in [0.1, 0.15) is 0 Å². The minimum atomic E-state index is 0.757. The van der Waals surface area contributed by atoms with Gasteiger partial charge in [0.2, 0.25) is 0 Å². The van der Waals surface area contributed by atoms with Crippen LogP contribution in [0.15, 0.2) is 17.5 Å². The Hall–Kier alpha value is 0.180. The maximum atomic E-state index is 3.86. The van der Waals surface area contributed by atoms with Crippen molar-refractivity contribution < 1.29 is 0 Å². The molecule has 0 nitrogen and oxygen atoms in total. The standard InChI is InChI=1S/C12H17BrS/c13-12(10-4-1-2-5-10)8-7-11-6-3-9-14-11/h3,6,9-10,12H,1-2,4-5,7-8H2. The Morgan fingerprint density at radius 2 is 2.21 bits per heavy atom. The summed E-state index contributed by atoms with van der Waals surface area (Å²) >= 11 is 5.74. The van der Waals surface area contributed by atoms with Crippen LogP contribution >= 0.6 is 27.3 Å². The third-order valence-electron chi connectivity index (χ3n) is 3.16. The molecule has 0 N–H and O–H groups in total. The minimum Gasteiger partial charge on any atom is -0.149 e. The summed E-state index contributed by atoms with van der Waals surface area (Å²) in [6.07, 6.45) is 8.35. The zero-order valence-corrected chi connectivity index (χ0v) is 10.8. The molecule has 1 saturated carbocycles. The Kier molecular flexibility index (Phi) is 4.06. The highest BCUT2D eigenvalue weighted by Gasteiger charge is 2.22. The van der Waals surface area contributed by atoms with Gasteiger partial charge in [-0.05, 0) is 43.0 Å². The fourth-order valence-corrected chi connectivity index (χ4v) is 3.77. The van der Waals surface area contributed by atoms with Gasteiger partial charge in [-0.3, -0.25) is 0 Å². The van der Waals surface area contributed by atoms with Crippen LogP contribution in [0.5, 0.6) is 0 Å². The van der Waals surface area contributed by atoms with E-state index in [1.165, 1.54) is 43.4 Å². The SMILES string of the molecule is BrC(CCc1cccs1)C1CCCC1. The molecule has 78 valence electrons. The van der Waals surface area contributed by atoms with Crippen molar-refractivity contribution in [3.63, 3.8) is 0 Å². The molecule has 0 bridgehead atoms. The molecule has 1 heterocycles. The smallest absolute Gasteiger partial charge is 0.0177 e. The lowest BCUT2D eigenvalue weighted by Gasteiger charge is -2.16. The van der Waals surface area contributed by atoms with E-state index in [0.717, 1.165) is 10.7 Å². The summed E-state index contributed by atoms with van der Waals surface area (Å²) in [6.45, 7) is 0. The third-order valence-corrected chi connectivity index (χ3v) is 5.30. The first-order chi connectivity index (χ1) is 6.86. The number of rotatable bonds is 4. The molecule has 0 spiro atoms.